The van der Waals surface area contributed by atoms with Crippen LogP contribution in [0.25, 0.3) is 10.9 Å². The summed E-state index contributed by atoms with van der Waals surface area (Å²) in [4.78, 5) is 10.8. The van der Waals surface area contributed by atoms with E-state index in [-0.39, 0.29) is 22.9 Å². The van der Waals surface area contributed by atoms with E-state index >= 15 is 0 Å². The van der Waals surface area contributed by atoms with Gasteiger partial charge in [-0.2, -0.15) is 0 Å². The molecule has 2 aromatic rings. The Morgan fingerprint density at radius 3 is 2.71 bits per heavy atom. The molecule has 5 rings (SSSR count). The van der Waals surface area contributed by atoms with Gasteiger partial charge in [-0.05, 0) is 80.8 Å². The van der Waals surface area contributed by atoms with E-state index in [1.807, 2.05) is 0 Å². The molecule has 3 heterocycles. The molecule has 1 aliphatic carbocycles. The number of piperidine rings is 1. The van der Waals surface area contributed by atoms with Crippen LogP contribution >= 0.6 is 0 Å². The van der Waals surface area contributed by atoms with Crippen LogP contribution < -0.4 is 10.6 Å². The second-order valence-electron chi connectivity index (χ2n) is 10.3. The van der Waals surface area contributed by atoms with Crippen molar-refractivity contribution in [3.63, 3.8) is 0 Å². The van der Waals surface area contributed by atoms with Crippen LogP contribution in [0, 0.1) is 5.41 Å². The fourth-order valence-electron chi connectivity index (χ4n) is 5.93. The fraction of sp³-hybridized carbons (Fsp3) is 0.667. The molecule has 3 fully saturated rings. The number of aromatic nitrogens is 2. The molecule has 0 amide bonds. The summed E-state index contributed by atoms with van der Waals surface area (Å²) in [5.41, 5.74) is 1.37. The highest BCUT2D eigenvalue weighted by Gasteiger charge is 2.50. The van der Waals surface area contributed by atoms with Gasteiger partial charge in [0.1, 0.15) is 6.61 Å². The maximum absolute atomic E-state index is 13.6. The molecule has 0 atom stereocenters. The summed E-state index contributed by atoms with van der Waals surface area (Å²) in [6, 6.07) is 3.30. The lowest BCUT2D eigenvalue weighted by Gasteiger charge is -2.46. The molecular weight excluding hydrogens is 450 g/mol. The van der Waals surface area contributed by atoms with Gasteiger partial charge in [-0.3, -0.25) is 4.90 Å². The van der Waals surface area contributed by atoms with Crippen molar-refractivity contribution < 1.29 is 22.7 Å². The van der Waals surface area contributed by atoms with Crippen molar-refractivity contribution in [3.05, 3.63) is 29.5 Å². The van der Waals surface area contributed by atoms with E-state index in [4.69, 9.17) is 10.1 Å². The van der Waals surface area contributed by atoms with Crippen molar-refractivity contribution in [2.75, 3.05) is 44.6 Å². The molecule has 1 spiro atoms. The normalized spacial score (nSPS) is 26.5. The van der Waals surface area contributed by atoms with Crippen LogP contribution in [0.1, 0.15) is 55.6 Å². The van der Waals surface area contributed by atoms with E-state index in [1.54, 1.807) is 17.2 Å². The first-order valence-corrected chi connectivity index (χ1v) is 12.0. The summed E-state index contributed by atoms with van der Waals surface area (Å²) >= 11 is 0. The number of anilines is 1. The first kappa shape index (κ1) is 23.7. The Labute approximate surface area is 196 Å². The van der Waals surface area contributed by atoms with Gasteiger partial charge in [0, 0.05) is 29.7 Å². The van der Waals surface area contributed by atoms with Gasteiger partial charge in [0.25, 0.3) is 12.3 Å². The summed E-state index contributed by atoms with van der Waals surface area (Å²) in [5, 5.41) is 16.2. The van der Waals surface area contributed by atoms with Crippen molar-refractivity contribution in [3.8, 4) is 0 Å². The van der Waals surface area contributed by atoms with E-state index in [0.29, 0.717) is 29.9 Å². The Morgan fingerprint density at radius 2 is 2.00 bits per heavy atom. The third kappa shape index (κ3) is 4.85. The van der Waals surface area contributed by atoms with Crippen molar-refractivity contribution in [1.29, 1.82) is 0 Å². The predicted octanol–water partition coefficient (Wildman–Crippen LogP) is 3.93. The van der Waals surface area contributed by atoms with E-state index < -0.39 is 25.5 Å². The minimum absolute atomic E-state index is 0.0400. The molecule has 10 heteroatoms. The number of nitrogens with one attached hydrogen (secondary N) is 2. The largest absolute Gasteiger partial charge is 0.390 e. The lowest BCUT2D eigenvalue weighted by Crippen LogP contribution is -2.42. The number of aliphatic hydroxyl groups is 1. The Balaban J connectivity index is 1.36. The van der Waals surface area contributed by atoms with Gasteiger partial charge in [-0.25, -0.2) is 27.5 Å². The van der Waals surface area contributed by atoms with Gasteiger partial charge < -0.3 is 15.7 Å². The van der Waals surface area contributed by atoms with E-state index in [9.17, 15) is 17.6 Å². The number of hydrogen-bond acceptors (Lipinski definition) is 6. The second-order valence-corrected chi connectivity index (χ2v) is 10.3. The topological polar surface area (TPSA) is 73.3 Å². The van der Waals surface area contributed by atoms with Gasteiger partial charge in [-0.1, -0.05) is 0 Å². The molecule has 3 N–H and O–H groups in total. The van der Waals surface area contributed by atoms with E-state index in [2.05, 4.69) is 15.6 Å². The van der Waals surface area contributed by atoms with Crippen molar-refractivity contribution in [2.24, 2.45) is 5.41 Å². The molecular formula is C24H31F4N5O. The SMILES string of the molecule is OCC(F)(F)CN1CCC2(CC(c3cc(C(F)F)cc4cnc(NC5CCNCC5)nc34)C2)C1. The van der Waals surface area contributed by atoms with Crippen LogP contribution in [0.4, 0.5) is 23.5 Å². The number of rotatable bonds is 7. The molecule has 2 aliphatic heterocycles. The summed E-state index contributed by atoms with van der Waals surface area (Å²) < 4.78 is 54.5. The third-order valence-electron chi connectivity index (χ3n) is 7.66. The standard InChI is InChI=1S/C24H31F4N5O/c25-21(26)15-7-16-11-30-22(31-18-1-4-29-5-2-18)32-20(16)19(8-15)17-9-23(10-17)3-6-33(12-23)13-24(27,28)14-34/h7-8,11,17-18,21,29,34H,1-6,9-10,12-14H2,(H,30,31,32). The van der Waals surface area contributed by atoms with Crippen molar-refractivity contribution >= 4 is 16.9 Å². The molecule has 1 saturated carbocycles. The van der Waals surface area contributed by atoms with Gasteiger partial charge in [0.15, 0.2) is 0 Å². The Hall–Kier alpha value is -2.04. The molecule has 0 bridgehead atoms. The highest BCUT2D eigenvalue weighted by molar-refractivity contribution is 5.83. The van der Waals surface area contributed by atoms with Crippen molar-refractivity contribution in [2.45, 2.75) is 56.4 Å². The number of aliphatic hydroxyl groups excluding tert-OH is 1. The first-order valence-electron chi connectivity index (χ1n) is 12.0. The summed E-state index contributed by atoms with van der Waals surface area (Å²) in [6.45, 7) is 1.37. The van der Waals surface area contributed by atoms with Crippen LogP contribution in [-0.4, -0.2) is 71.3 Å². The van der Waals surface area contributed by atoms with Gasteiger partial charge in [-0.15, -0.1) is 0 Å². The highest BCUT2D eigenvalue weighted by Crippen LogP contribution is 2.57. The van der Waals surface area contributed by atoms with Crippen LogP contribution in [0.15, 0.2) is 18.3 Å². The number of benzene rings is 1. The summed E-state index contributed by atoms with van der Waals surface area (Å²) in [7, 11) is 0. The zero-order chi connectivity index (χ0) is 23.9. The third-order valence-corrected chi connectivity index (χ3v) is 7.66. The molecule has 2 saturated heterocycles. The monoisotopic (exact) mass is 481 g/mol. The predicted molar refractivity (Wildman–Crippen MR) is 122 cm³/mol. The number of nitrogens with zero attached hydrogens (tertiary/aromatic N) is 3. The highest BCUT2D eigenvalue weighted by atomic mass is 19.3. The molecule has 186 valence electrons. The maximum Gasteiger partial charge on any atom is 0.283 e. The lowest BCUT2D eigenvalue weighted by atomic mass is 9.59. The first-order chi connectivity index (χ1) is 16.3. The summed E-state index contributed by atoms with van der Waals surface area (Å²) in [6.07, 6.45) is 3.28. The number of likely N-dealkylation sites (tertiary alicyclic amines) is 1. The van der Waals surface area contributed by atoms with Gasteiger partial charge >= 0.3 is 0 Å². The van der Waals surface area contributed by atoms with Crippen LogP contribution in [0.2, 0.25) is 0 Å². The van der Waals surface area contributed by atoms with Gasteiger partial charge in [0.05, 0.1) is 12.1 Å². The second kappa shape index (κ2) is 9.20. The Morgan fingerprint density at radius 1 is 1.24 bits per heavy atom. The number of halogens is 4. The van der Waals surface area contributed by atoms with E-state index in [1.165, 1.54) is 6.07 Å². The van der Waals surface area contributed by atoms with E-state index in [0.717, 1.165) is 50.8 Å². The minimum atomic E-state index is -3.11. The molecule has 3 aliphatic rings. The quantitative estimate of drug-likeness (QED) is 0.521. The average molecular weight is 482 g/mol. The number of hydrogen-bond donors (Lipinski definition) is 3. The van der Waals surface area contributed by atoms with Crippen LogP contribution in [0.5, 0.6) is 0 Å². The fourth-order valence-corrected chi connectivity index (χ4v) is 5.93. The smallest absolute Gasteiger partial charge is 0.283 e. The molecule has 1 aromatic heterocycles. The summed E-state index contributed by atoms with van der Waals surface area (Å²) in [5.74, 6) is -2.54. The lowest BCUT2D eigenvalue weighted by molar-refractivity contribution is -0.0720. The molecule has 0 unspecified atom stereocenters. The Bertz CT molecular complexity index is 1020. The zero-order valence-electron chi connectivity index (χ0n) is 19.0. The van der Waals surface area contributed by atoms with Crippen LogP contribution in [0.3, 0.4) is 0 Å². The average Bonchev–Trinajstić information content (AvgIpc) is 3.21. The number of fused-ring (bicyclic) bond motifs is 1. The minimum Gasteiger partial charge on any atom is -0.390 e. The molecule has 34 heavy (non-hydrogen) atoms. The van der Waals surface area contributed by atoms with Crippen molar-refractivity contribution in [1.82, 2.24) is 20.2 Å². The van der Waals surface area contributed by atoms with Gasteiger partial charge in [0.2, 0.25) is 5.95 Å². The number of alkyl halides is 4. The van der Waals surface area contributed by atoms with Crippen LogP contribution in [-0.2, 0) is 0 Å². The maximum atomic E-state index is 13.6. The zero-order valence-corrected chi connectivity index (χ0v) is 19.0. The molecule has 1 aromatic carbocycles. The molecule has 0 radical (unpaired) electrons. The molecule has 6 nitrogen and oxygen atoms in total. The Kier molecular flexibility index (Phi) is 6.41.